The van der Waals surface area contributed by atoms with Gasteiger partial charge in [0, 0.05) is 36.9 Å². The first-order valence-corrected chi connectivity index (χ1v) is 8.07. The molecule has 0 saturated carbocycles. The standard InChI is InChI=1S/C17H17F3N4O/c1-11-8-14(17(18,19)20)13-2-3-15-22-12(10-24(15)16(13)21-11)9-23-4-6-25-7-5-23/h2-3,8,10H,4-7,9H2,1H3. The van der Waals surface area contributed by atoms with Crippen LogP contribution in [0, 0.1) is 6.92 Å². The Kier molecular flexibility index (Phi) is 3.88. The monoisotopic (exact) mass is 350 g/mol. The van der Waals surface area contributed by atoms with E-state index in [0.29, 0.717) is 31.1 Å². The minimum absolute atomic E-state index is 0.0842. The van der Waals surface area contributed by atoms with Gasteiger partial charge in [0.05, 0.1) is 24.5 Å². The normalized spacial score (nSPS) is 16.8. The minimum Gasteiger partial charge on any atom is -0.379 e. The number of fused-ring (bicyclic) bond motifs is 3. The first-order valence-electron chi connectivity index (χ1n) is 8.07. The van der Waals surface area contributed by atoms with E-state index in [1.165, 1.54) is 6.07 Å². The number of alkyl halides is 3. The highest BCUT2D eigenvalue weighted by molar-refractivity contribution is 5.82. The summed E-state index contributed by atoms with van der Waals surface area (Å²) in [6.07, 6.45) is -2.64. The number of aromatic nitrogens is 3. The molecule has 3 aromatic heterocycles. The van der Waals surface area contributed by atoms with Gasteiger partial charge in [0.2, 0.25) is 0 Å². The fourth-order valence-electron chi connectivity index (χ4n) is 3.20. The number of hydrogen-bond donors (Lipinski definition) is 0. The van der Waals surface area contributed by atoms with Crippen LogP contribution < -0.4 is 0 Å². The molecule has 0 aliphatic carbocycles. The van der Waals surface area contributed by atoms with Gasteiger partial charge in [-0.2, -0.15) is 13.2 Å². The number of ether oxygens (including phenoxy) is 1. The van der Waals surface area contributed by atoms with Crippen molar-refractivity contribution < 1.29 is 17.9 Å². The molecule has 0 unspecified atom stereocenters. The predicted molar refractivity (Wildman–Crippen MR) is 86.3 cm³/mol. The summed E-state index contributed by atoms with van der Waals surface area (Å²) in [6.45, 7) is 5.23. The van der Waals surface area contributed by atoms with Gasteiger partial charge in [-0.05, 0) is 25.1 Å². The van der Waals surface area contributed by atoms with Crippen molar-refractivity contribution in [3.8, 4) is 0 Å². The molecule has 1 fully saturated rings. The van der Waals surface area contributed by atoms with Gasteiger partial charge < -0.3 is 4.74 Å². The van der Waals surface area contributed by atoms with Crippen LogP contribution in [0.15, 0.2) is 24.4 Å². The quantitative estimate of drug-likeness (QED) is 0.713. The van der Waals surface area contributed by atoms with Crippen LogP contribution in [0.4, 0.5) is 13.2 Å². The molecule has 25 heavy (non-hydrogen) atoms. The molecule has 0 N–H and O–H groups in total. The van der Waals surface area contributed by atoms with E-state index in [0.717, 1.165) is 24.8 Å². The highest BCUT2D eigenvalue weighted by Gasteiger charge is 2.33. The molecule has 1 aliphatic heterocycles. The Hall–Kier alpha value is -2.19. The SMILES string of the molecule is Cc1cc(C(F)(F)F)c2ccc3nc(CN4CCOCC4)cn3c2n1. The van der Waals surface area contributed by atoms with Gasteiger partial charge in [0.25, 0.3) is 0 Å². The number of halogens is 3. The maximum atomic E-state index is 13.3. The van der Waals surface area contributed by atoms with E-state index in [1.54, 1.807) is 23.6 Å². The summed E-state index contributed by atoms with van der Waals surface area (Å²) in [5.74, 6) is 0. The average molecular weight is 350 g/mol. The molecule has 5 nitrogen and oxygen atoms in total. The van der Waals surface area contributed by atoms with Crippen LogP contribution in [0.2, 0.25) is 0 Å². The van der Waals surface area contributed by atoms with Crippen molar-refractivity contribution in [2.24, 2.45) is 0 Å². The zero-order valence-electron chi connectivity index (χ0n) is 13.7. The fraction of sp³-hybridized carbons (Fsp3) is 0.412. The lowest BCUT2D eigenvalue weighted by molar-refractivity contribution is -0.136. The van der Waals surface area contributed by atoms with Gasteiger partial charge in [0.15, 0.2) is 0 Å². The number of morpholine rings is 1. The summed E-state index contributed by atoms with van der Waals surface area (Å²) in [5, 5.41) is 0.0842. The van der Waals surface area contributed by atoms with Crippen molar-refractivity contribution in [3.05, 3.63) is 41.3 Å². The van der Waals surface area contributed by atoms with Crippen molar-refractivity contribution in [1.29, 1.82) is 0 Å². The Balaban J connectivity index is 1.81. The molecule has 3 aromatic rings. The first-order chi connectivity index (χ1) is 11.9. The van der Waals surface area contributed by atoms with Gasteiger partial charge in [-0.3, -0.25) is 9.30 Å². The Bertz CT molecular complexity index is 929. The lowest BCUT2D eigenvalue weighted by Gasteiger charge is -2.25. The molecular formula is C17H17F3N4O. The zero-order chi connectivity index (χ0) is 17.6. The molecule has 1 aliphatic rings. The van der Waals surface area contributed by atoms with Gasteiger partial charge in [-0.25, -0.2) is 9.97 Å². The summed E-state index contributed by atoms with van der Waals surface area (Å²) >= 11 is 0. The third-order valence-electron chi connectivity index (χ3n) is 4.37. The van der Waals surface area contributed by atoms with Gasteiger partial charge in [-0.1, -0.05) is 0 Å². The Morgan fingerprint density at radius 2 is 1.92 bits per heavy atom. The van der Waals surface area contributed by atoms with Gasteiger partial charge >= 0.3 is 6.18 Å². The molecule has 0 bridgehead atoms. The van der Waals surface area contributed by atoms with Crippen molar-refractivity contribution in [1.82, 2.24) is 19.3 Å². The smallest absolute Gasteiger partial charge is 0.379 e. The number of nitrogens with zero attached hydrogens (tertiary/aromatic N) is 4. The summed E-state index contributed by atoms with van der Waals surface area (Å²) in [7, 11) is 0. The van der Waals surface area contributed by atoms with E-state index in [4.69, 9.17) is 4.74 Å². The van der Waals surface area contributed by atoms with Crippen LogP contribution >= 0.6 is 0 Å². The van der Waals surface area contributed by atoms with Crippen molar-refractivity contribution >= 4 is 16.7 Å². The Morgan fingerprint density at radius 3 is 2.64 bits per heavy atom. The number of rotatable bonds is 2. The maximum Gasteiger partial charge on any atom is 0.417 e. The number of imidazole rings is 1. The number of hydrogen-bond acceptors (Lipinski definition) is 4. The van der Waals surface area contributed by atoms with E-state index in [2.05, 4.69) is 14.9 Å². The van der Waals surface area contributed by atoms with E-state index in [1.807, 2.05) is 0 Å². The summed E-state index contributed by atoms with van der Waals surface area (Å²) < 4.78 is 47.0. The van der Waals surface area contributed by atoms with Crippen molar-refractivity contribution in [2.45, 2.75) is 19.6 Å². The lowest BCUT2D eigenvalue weighted by Crippen LogP contribution is -2.35. The third-order valence-corrected chi connectivity index (χ3v) is 4.37. The lowest BCUT2D eigenvalue weighted by atomic mass is 10.1. The van der Waals surface area contributed by atoms with Crippen LogP contribution in [-0.2, 0) is 17.5 Å². The second-order valence-electron chi connectivity index (χ2n) is 6.23. The van der Waals surface area contributed by atoms with E-state index in [9.17, 15) is 13.2 Å². The molecule has 0 amide bonds. The summed E-state index contributed by atoms with van der Waals surface area (Å²) in [4.78, 5) is 11.1. The third kappa shape index (κ3) is 3.07. The van der Waals surface area contributed by atoms with Gasteiger partial charge in [-0.15, -0.1) is 0 Å². The molecule has 0 radical (unpaired) electrons. The molecule has 8 heteroatoms. The summed E-state index contributed by atoms with van der Waals surface area (Å²) in [5.41, 5.74) is 1.36. The Morgan fingerprint density at radius 1 is 1.16 bits per heavy atom. The minimum atomic E-state index is -4.42. The average Bonchev–Trinajstić information content (AvgIpc) is 2.97. The maximum absolute atomic E-state index is 13.3. The first kappa shape index (κ1) is 16.3. The topological polar surface area (TPSA) is 42.7 Å². The van der Waals surface area contributed by atoms with E-state index >= 15 is 0 Å². The molecular weight excluding hydrogens is 333 g/mol. The molecule has 0 spiro atoms. The van der Waals surface area contributed by atoms with Crippen LogP contribution in [0.3, 0.4) is 0 Å². The molecule has 4 heterocycles. The molecule has 0 aromatic carbocycles. The number of aryl methyl sites for hydroxylation is 1. The van der Waals surface area contributed by atoms with E-state index < -0.39 is 11.7 Å². The second-order valence-corrected chi connectivity index (χ2v) is 6.23. The largest absolute Gasteiger partial charge is 0.417 e. The Labute approximate surface area is 142 Å². The number of pyridine rings is 2. The predicted octanol–water partition coefficient (Wildman–Crippen LogP) is 3.04. The summed E-state index contributed by atoms with van der Waals surface area (Å²) in [6, 6.07) is 4.14. The molecule has 0 atom stereocenters. The van der Waals surface area contributed by atoms with Crippen LogP contribution in [0.5, 0.6) is 0 Å². The molecule has 1 saturated heterocycles. The van der Waals surface area contributed by atoms with Crippen molar-refractivity contribution in [3.63, 3.8) is 0 Å². The molecule has 132 valence electrons. The highest BCUT2D eigenvalue weighted by atomic mass is 19.4. The highest BCUT2D eigenvalue weighted by Crippen LogP contribution is 2.35. The zero-order valence-corrected chi connectivity index (χ0v) is 13.7. The van der Waals surface area contributed by atoms with Crippen LogP contribution in [0.25, 0.3) is 16.7 Å². The molecule has 4 rings (SSSR count). The van der Waals surface area contributed by atoms with Crippen LogP contribution in [-0.4, -0.2) is 45.6 Å². The van der Waals surface area contributed by atoms with Crippen LogP contribution in [0.1, 0.15) is 17.0 Å². The van der Waals surface area contributed by atoms with Gasteiger partial charge in [0.1, 0.15) is 11.3 Å². The van der Waals surface area contributed by atoms with E-state index in [-0.39, 0.29) is 11.0 Å². The van der Waals surface area contributed by atoms with Crippen molar-refractivity contribution in [2.75, 3.05) is 26.3 Å². The second kappa shape index (κ2) is 5.96. The fourth-order valence-corrected chi connectivity index (χ4v) is 3.20.